The van der Waals surface area contributed by atoms with Crippen molar-refractivity contribution in [2.24, 2.45) is 11.7 Å². The summed E-state index contributed by atoms with van der Waals surface area (Å²) in [7, 11) is 0. The van der Waals surface area contributed by atoms with Gasteiger partial charge in [0, 0.05) is 22.6 Å². The monoisotopic (exact) mass is 356 g/mol. The van der Waals surface area contributed by atoms with E-state index in [0.717, 1.165) is 24.8 Å². The average Bonchev–Trinajstić information content (AvgIpc) is 2.84. The van der Waals surface area contributed by atoms with Crippen LogP contribution in [0.15, 0.2) is 29.2 Å². The molecular weight excluding hydrogens is 328 g/mol. The normalized spacial score (nSPS) is 21.8. The number of nitrogens with two attached hydrogens (primary N) is 1. The van der Waals surface area contributed by atoms with Crippen LogP contribution in [-0.2, 0) is 4.79 Å². The van der Waals surface area contributed by atoms with Crippen LogP contribution in [0.2, 0.25) is 0 Å². The van der Waals surface area contributed by atoms with Crippen LogP contribution in [0.25, 0.3) is 0 Å². The first kappa shape index (κ1) is 20.3. The van der Waals surface area contributed by atoms with Gasteiger partial charge >= 0.3 is 0 Å². The van der Waals surface area contributed by atoms with Gasteiger partial charge < -0.3 is 11.1 Å². The number of carbonyl (C=O) groups is 1. The maximum atomic E-state index is 12.2. The molecule has 3 atom stereocenters. The Morgan fingerprint density at radius 1 is 1.26 bits per heavy atom. The quantitative estimate of drug-likeness (QED) is 0.747. The molecule has 130 valence electrons. The van der Waals surface area contributed by atoms with Gasteiger partial charge in [-0.15, -0.1) is 24.2 Å². The molecule has 0 aliphatic heterocycles. The summed E-state index contributed by atoms with van der Waals surface area (Å²) in [4.78, 5) is 13.4. The van der Waals surface area contributed by atoms with Crippen LogP contribution in [0.1, 0.15) is 58.1 Å². The lowest BCUT2D eigenvalue weighted by molar-refractivity contribution is -0.122. The van der Waals surface area contributed by atoms with Crippen LogP contribution in [0.3, 0.4) is 0 Å². The molecule has 0 bridgehead atoms. The number of rotatable bonds is 6. The summed E-state index contributed by atoms with van der Waals surface area (Å²) in [5.74, 6) is 0.479. The number of amides is 1. The van der Waals surface area contributed by atoms with Gasteiger partial charge in [0.25, 0.3) is 0 Å². The van der Waals surface area contributed by atoms with E-state index in [9.17, 15) is 4.79 Å². The van der Waals surface area contributed by atoms with E-state index < -0.39 is 0 Å². The van der Waals surface area contributed by atoms with E-state index >= 15 is 0 Å². The number of thioether (sulfide) groups is 1. The highest BCUT2D eigenvalue weighted by Gasteiger charge is 2.26. The third-order valence-electron chi connectivity index (χ3n) is 4.29. The van der Waals surface area contributed by atoms with Gasteiger partial charge in [0.2, 0.25) is 5.91 Å². The molecule has 0 spiro atoms. The minimum Gasteiger partial charge on any atom is -0.350 e. The van der Waals surface area contributed by atoms with E-state index in [4.69, 9.17) is 5.73 Å². The maximum absolute atomic E-state index is 12.2. The first-order chi connectivity index (χ1) is 10.5. The number of benzene rings is 1. The second kappa shape index (κ2) is 9.55. The van der Waals surface area contributed by atoms with Crippen LogP contribution >= 0.6 is 24.2 Å². The minimum absolute atomic E-state index is 0. The fourth-order valence-electron chi connectivity index (χ4n) is 3.05. The van der Waals surface area contributed by atoms with Gasteiger partial charge in [-0.1, -0.05) is 32.4 Å². The standard InChI is InChI=1S/C18H28N2OS.ClH/c1-12(2)22-16-9-7-14(8-10-16)13(3)20-18(21)11-15-5-4-6-17(15)19;/h7-10,12-13,15,17H,4-6,11,19H2,1-3H3,(H,20,21);1H/t13?,15-,17+;/m0./s1. The van der Waals surface area contributed by atoms with Crippen molar-refractivity contribution in [3.8, 4) is 0 Å². The molecule has 23 heavy (non-hydrogen) atoms. The second-order valence-electron chi connectivity index (χ2n) is 6.58. The molecule has 1 saturated carbocycles. The zero-order valence-electron chi connectivity index (χ0n) is 14.2. The molecule has 1 aliphatic rings. The van der Waals surface area contributed by atoms with Crippen molar-refractivity contribution in [1.82, 2.24) is 5.32 Å². The Labute approximate surface area is 150 Å². The van der Waals surface area contributed by atoms with Crippen LogP contribution in [0.4, 0.5) is 0 Å². The van der Waals surface area contributed by atoms with Crippen LogP contribution in [-0.4, -0.2) is 17.2 Å². The zero-order valence-corrected chi connectivity index (χ0v) is 15.9. The van der Waals surface area contributed by atoms with Gasteiger partial charge in [-0.25, -0.2) is 0 Å². The summed E-state index contributed by atoms with van der Waals surface area (Å²) in [6.45, 7) is 6.42. The fraction of sp³-hybridized carbons (Fsp3) is 0.611. The highest BCUT2D eigenvalue weighted by atomic mass is 35.5. The smallest absolute Gasteiger partial charge is 0.220 e. The Balaban J connectivity index is 0.00000264. The van der Waals surface area contributed by atoms with Crippen molar-refractivity contribution in [2.45, 2.75) is 68.7 Å². The second-order valence-corrected chi connectivity index (χ2v) is 8.23. The lowest BCUT2D eigenvalue weighted by atomic mass is 9.99. The highest BCUT2D eigenvalue weighted by Crippen LogP contribution is 2.27. The summed E-state index contributed by atoms with van der Waals surface area (Å²) in [6, 6.07) is 8.73. The molecule has 0 saturated heterocycles. The third-order valence-corrected chi connectivity index (χ3v) is 5.31. The molecule has 1 fully saturated rings. The summed E-state index contributed by atoms with van der Waals surface area (Å²) in [5, 5.41) is 3.68. The molecule has 3 N–H and O–H groups in total. The van der Waals surface area contributed by atoms with E-state index in [1.807, 2.05) is 18.7 Å². The van der Waals surface area contributed by atoms with Gasteiger partial charge in [-0.3, -0.25) is 4.79 Å². The van der Waals surface area contributed by atoms with Crippen LogP contribution in [0, 0.1) is 5.92 Å². The van der Waals surface area contributed by atoms with E-state index in [0.29, 0.717) is 17.6 Å². The molecule has 1 aliphatic carbocycles. The summed E-state index contributed by atoms with van der Waals surface area (Å²) in [6.07, 6.45) is 3.86. The predicted octanol–water partition coefficient (Wildman–Crippen LogP) is 4.30. The summed E-state index contributed by atoms with van der Waals surface area (Å²) in [5.41, 5.74) is 7.19. The van der Waals surface area contributed by atoms with Gasteiger partial charge in [0.1, 0.15) is 0 Å². The molecule has 1 unspecified atom stereocenters. The minimum atomic E-state index is 0. The number of halogens is 1. The van der Waals surface area contributed by atoms with Gasteiger partial charge in [0.05, 0.1) is 6.04 Å². The van der Waals surface area contributed by atoms with Gasteiger partial charge in [-0.05, 0) is 43.4 Å². The Morgan fingerprint density at radius 3 is 2.43 bits per heavy atom. The summed E-state index contributed by atoms with van der Waals surface area (Å²) >= 11 is 1.85. The maximum Gasteiger partial charge on any atom is 0.220 e. The largest absolute Gasteiger partial charge is 0.350 e. The molecule has 0 aromatic heterocycles. The number of hydrogen-bond acceptors (Lipinski definition) is 3. The van der Waals surface area contributed by atoms with Gasteiger partial charge in [-0.2, -0.15) is 0 Å². The van der Waals surface area contributed by atoms with E-state index in [1.54, 1.807) is 0 Å². The SMILES string of the molecule is CC(C)Sc1ccc(C(C)NC(=O)C[C@@H]2CCC[C@H]2N)cc1.Cl. The Hall–Kier alpha value is -0.710. The van der Waals surface area contributed by atoms with Gasteiger partial charge in [0.15, 0.2) is 0 Å². The topological polar surface area (TPSA) is 55.1 Å². The first-order valence-electron chi connectivity index (χ1n) is 8.27. The van der Waals surface area contributed by atoms with E-state index in [-0.39, 0.29) is 30.4 Å². The van der Waals surface area contributed by atoms with Crippen molar-refractivity contribution in [3.63, 3.8) is 0 Å². The zero-order chi connectivity index (χ0) is 16.1. The van der Waals surface area contributed by atoms with Crippen molar-refractivity contribution < 1.29 is 4.79 Å². The highest BCUT2D eigenvalue weighted by molar-refractivity contribution is 7.99. The van der Waals surface area contributed by atoms with Crippen molar-refractivity contribution in [3.05, 3.63) is 29.8 Å². The Bertz CT molecular complexity index is 492. The predicted molar refractivity (Wildman–Crippen MR) is 101 cm³/mol. The van der Waals surface area contributed by atoms with E-state index in [2.05, 4.69) is 43.4 Å². The number of hydrogen-bond donors (Lipinski definition) is 2. The Morgan fingerprint density at radius 2 is 1.91 bits per heavy atom. The Kier molecular flexibility index (Phi) is 8.45. The lowest BCUT2D eigenvalue weighted by Gasteiger charge is -2.18. The number of carbonyl (C=O) groups excluding carboxylic acids is 1. The molecule has 0 radical (unpaired) electrons. The molecular formula is C18H29ClN2OS. The molecule has 2 rings (SSSR count). The average molecular weight is 357 g/mol. The molecule has 3 nitrogen and oxygen atoms in total. The summed E-state index contributed by atoms with van der Waals surface area (Å²) < 4.78 is 0. The molecule has 5 heteroatoms. The van der Waals surface area contributed by atoms with E-state index in [1.165, 1.54) is 4.90 Å². The fourth-order valence-corrected chi connectivity index (χ4v) is 3.89. The molecule has 1 amide bonds. The van der Waals surface area contributed by atoms with Crippen molar-refractivity contribution in [2.75, 3.05) is 0 Å². The van der Waals surface area contributed by atoms with Crippen molar-refractivity contribution in [1.29, 1.82) is 0 Å². The van der Waals surface area contributed by atoms with Crippen LogP contribution in [0.5, 0.6) is 0 Å². The lowest BCUT2D eigenvalue weighted by Crippen LogP contribution is -2.32. The molecule has 1 aromatic rings. The molecule has 0 heterocycles. The van der Waals surface area contributed by atoms with Crippen LogP contribution < -0.4 is 11.1 Å². The third kappa shape index (κ3) is 6.36. The number of nitrogens with one attached hydrogen (secondary N) is 1. The van der Waals surface area contributed by atoms with Crippen molar-refractivity contribution >= 4 is 30.1 Å². The first-order valence-corrected chi connectivity index (χ1v) is 9.15. The molecule has 1 aromatic carbocycles.